The second-order valence-corrected chi connectivity index (χ2v) is 8.44. The van der Waals surface area contributed by atoms with Gasteiger partial charge in [-0.05, 0) is 39.9 Å². The SMILES string of the molecule is O=C(N[C@@H](Cc1ccc(C(F)(F)F)c(C(F)(F)F)c1)C(=O)O)OCC1c2ccccc2-c2ccccc21. The zero-order valence-electron chi connectivity index (χ0n) is 18.9. The molecule has 11 heteroatoms. The molecular weight excluding hydrogens is 504 g/mol. The molecule has 0 saturated heterocycles. The minimum absolute atomic E-state index is 0.134. The molecule has 0 radical (unpaired) electrons. The third-order valence-electron chi connectivity index (χ3n) is 6.07. The van der Waals surface area contributed by atoms with E-state index in [4.69, 9.17) is 4.74 Å². The molecule has 1 aliphatic carbocycles. The Bertz CT molecular complexity index is 1290. The Morgan fingerprint density at radius 2 is 1.38 bits per heavy atom. The molecule has 2 N–H and O–H groups in total. The van der Waals surface area contributed by atoms with E-state index in [-0.39, 0.29) is 30.2 Å². The summed E-state index contributed by atoms with van der Waals surface area (Å²) in [7, 11) is 0. The summed E-state index contributed by atoms with van der Waals surface area (Å²) in [4.78, 5) is 24.1. The number of carboxylic acid groups (broad SMARTS) is 1. The van der Waals surface area contributed by atoms with E-state index in [9.17, 15) is 41.0 Å². The van der Waals surface area contributed by atoms with E-state index in [0.717, 1.165) is 28.3 Å². The van der Waals surface area contributed by atoms with Crippen LogP contribution in [0.5, 0.6) is 0 Å². The zero-order valence-corrected chi connectivity index (χ0v) is 18.9. The lowest BCUT2D eigenvalue weighted by Crippen LogP contribution is -2.43. The molecule has 0 fully saturated rings. The van der Waals surface area contributed by atoms with Gasteiger partial charge in [0.05, 0.1) is 11.1 Å². The molecule has 194 valence electrons. The fourth-order valence-electron chi connectivity index (χ4n) is 4.42. The highest BCUT2D eigenvalue weighted by atomic mass is 19.4. The molecule has 0 aliphatic heterocycles. The molecule has 1 aliphatic rings. The lowest BCUT2D eigenvalue weighted by atomic mass is 9.98. The smallest absolute Gasteiger partial charge is 0.417 e. The standard InChI is InChI=1S/C26H19F6NO4/c27-25(28,29)20-10-9-14(11-21(20)26(30,31)32)12-22(23(34)35)33-24(36)37-13-19-17-7-3-1-5-15(17)16-6-2-4-8-18(16)19/h1-11,19,22H,12-13H2,(H,33,36)(H,34,35)/t22-/m0/s1. The van der Waals surface area contributed by atoms with Gasteiger partial charge in [-0.2, -0.15) is 26.3 Å². The van der Waals surface area contributed by atoms with Crippen LogP contribution in [0.15, 0.2) is 66.7 Å². The minimum atomic E-state index is -5.32. The second kappa shape index (κ2) is 9.79. The summed E-state index contributed by atoms with van der Waals surface area (Å²) in [6.07, 6.45) is -12.4. The highest BCUT2D eigenvalue weighted by molar-refractivity contribution is 5.81. The fourth-order valence-corrected chi connectivity index (χ4v) is 4.42. The average molecular weight is 523 g/mol. The molecule has 0 spiro atoms. The first kappa shape index (κ1) is 26.1. The number of hydrogen-bond acceptors (Lipinski definition) is 3. The molecule has 0 aromatic heterocycles. The molecule has 3 aromatic rings. The Labute approximate surface area is 206 Å². The Morgan fingerprint density at radius 1 is 0.838 bits per heavy atom. The van der Waals surface area contributed by atoms with Gasteiger partial charge in [-0.25, -0.2) is 9.59 Å². The van der Waals surface area contributed by atoms with Crippen LogP contribution in [0.25, 0.3) is 11.1 Å². The van der Waals surface area contributed by atoms with Crippen LogP contribution < -0.4 is 5.32 Å². The number of alkyl halides is 6. The predicted octanol–water partition coefficient (Wildman–Crippen LogP) is 6.26. The summed E-state index contributed by atoms with van der Waals surface area (Å²) >= 11 is 0. The van der Waals surface area contributed by atoms with Crippen molar-refractivity contribution in [1.29, 1.82) is 0 Å². The van der Waals surface area contributed by atoms with Crippen molar-refractivity contribution in [2.75, 3.05) is 6.61 Å². The molecule has 5 nitrogen and oxygen atoms in total. The van der Waals surface area contributed by atoms with Crippen molar-refractivity contribution >= 4 is 12.1 Å². The number of alkyl carbamates (subject to hydrolysis) is 1. The van der Waals surface area contributed by atoms with Crippen molar-refractivity contribution in [3.05, 3.63) is 94.5 Å². The van der Waals surface area contributed by atoms with E-state index < -0.39 is 48.0 Å². The minimum Gasteiger partial charge on any atom is -0.480 e. The van der Waals surface area contributed by atoms with Crippen molar-refractivity contribution < 1.29 is 45.8 Å². The zero-order chi connectivity index (χ0) is 27.0. The van der Waals surface area contributed by atoms with Gasteiger partial charge in [-0.1, -0.05) is 54.6 Å². The molecule has 1 amide bonds. The van der Waals surface area contributed by atoms with Crippen LogP contribution in [0.1, 0.15) is 33.7 Å². The second-order valence-electron chi connectivity index (χ2n) is 8.44. The number of nitrogens with one attached hydrogen (secondary N) is 1. The number of ether oxygens (including phenoxy) is 1. The van der Waals surface area contributed by atoms with E-state index in [1.165, 1.54) is 0 Å². The Kier molecular flexibility index (Phi) is 6.90. The maximum Gasteiger partial charge on any atom is 0.417 e. The highest BCUT2D eigenvalue weighted by Gasteiger charge is 2.43. The Balaban J connectivity index is 1.47. The summed E-state index contributed by atoms with van der Waals surface area (Å²) < 4.78 is 83.9. The van der Waals surface area contributed by atoms with E-state index in [1.807, 2.05) is 48.5 Å². The molecule has 0 bridgehead atoms. The summed E-state index contributed by atoms with van der Waals surface area (Å²) in [5.74, 6) is -1.91. The summed E-state index contributed by atoms with van der Waals surface area (Å²) in [5.41, 5.74) is -0.419. The largest absolute Gasteiger partial charge is 0.480 e. The van der Waals surface area contributed by atoms with Gasteiger partial charge in [0, 0.05) is 12.3 Å². The van der Waals surface area contributed by atoms with Crippen molar-refractivity contribution in [3.63, 3.8) is 0 Å². The van der Waals surface area contributed by atoms with Crippen LogP contribution in [0.4, 0.5) is 31.1 Å². The molecule has 0 unspecified atom stereocenters. The first-order chi connectivity index (χ1) is 17.4. The summed E-state index contributed by atoms with van der Waals surface area (Å²) in [5, 5.41) is 11.5. The van der Waals surface area contributed by atoms with Crippen LogP contribution in [-0.4, -0.2) is 29.8 Å². The molecule has 4 rings (SSSR count). The number of carboxylic acids is 1. The third kappa shape index (κ3) is 5.55. The van der Waals surface area contributed by atoms with Crippen molar-refractivity contribution in [2.24, 2.45) is 0 Å². The van der Waals surface area contributed by atoms with E-state index in [0.29, 0.717) is 0 Å². The summed E-state index contributed by atoms with van der Waals surface area (Å²) in [6, 6.07) is 14.5. The van der Waals surface area contributed by atoms with E-state index >= 15 is 0 Å². The van der Waals surface area contributed by atoms with E-state index in [2.05, 4.69) is 5.32 Å². The fraction of sp³-hybridized carbons (Fsp3) is 0.231. The van der Waals surface area contributed by atoms with Crippen LogP contribution in [-0.2, 0) is 28.3 Å². The third-order valence-corrected chi connectivity index (χ3v) is 6.07. The van der Waals surface area contributed by atoms with Crippen molar-refractivity contribution in [1.82, 2.24) is 5.32 Å². The number of hydrogen-bond donors (Lipinski definition) is 2. The highest BCUT2D eigenvalue weighted by Crippen LogP contribution is 2.44. The van der Waals surface area contributed by atoms with Crippen LogP contribution in [0.3, 0.4) is 0 Å². The van der Waals surface area contributed by atoms with Gasteiger partial charge < -0.3 is 15.2 Å². The number of fused-ring (bicyclic) bond motifs is 3. The van der Waals surface area contributed by atoms with Gasteiger partial charge in [0.25, 0.3) is 0 Å². The van der Waals surface area contributed by atoms with Gasteiger partial charge in [-0.3, -0.25) is 0 Å². The maximum atomic E-state index is 13.2. The van der Waals surface area contributed by atoms with Gasteiger partial charge in [0.1, 0.15) is 12.6 Å². The number of carbonyl (C=O) groups excluding carboxylic acids is 1. The van der Waals surface area contributed by atoms with Gasteiger partial charge >= 0.3 is 24.4 Å². The van der Waals surface area contributed by atoms with Gasteiger partial charge in [-0.15, -0.1) is 0 Å². The number of rotatable bonds is 6. The van der Waals surface area contributed by atoms with E-state index in [1.54, 1.807) is 0 Å². The number of amides is 1. The molecule has 1 atom stereocenters. The first-order valence-electron chi connectivity index (χ1n) is 11.0. The topological polar surface area (TPSA) is 75.6 Å². The number of aliphatic carboxylic acids is 1. The normalized spacial score (nSPS) is 14.0. The predicted molar refractivity (Wildman–Crippen MR) is 120 cm³/mol. The molecule has 37 heavy (non-hydrogen) atoms. The molecule has 0 heterocycles. The monoisotopic (exact) mass is 523 g/mol. The quantitative estimate of drug-likeness (QED) is 0.374. The van der Waals surface area contributed by atoms with Crippen LogP contribution >= 0.6 is 0 Å². The molecule has 0 saturated carbocycles. The van der Waals surface area contributed by atoms with Crippen LogP contribution in [0.2, 0.25) is 0 Å². The average Bonchev–Trinajstić information content (AvgIpc) is 3.15. The van der Waals surface area contributed by atoms with Crippen molar-refractivity contribution in [3.8, 4) is 11.1 Å². The lowest BCUT2D eigenvalue weighted by molar-refractivity contribution is -0.162. The Morgan fingerprint density at radius 3 is 1.89 bits per heavy atom. The number of benzene rings is 3. The van der Waals surface area contributed by atoms with Gasteiger partial charge in [0.2, 0.25) is 0 Å². The molecular formula is C26H19F6NO4. The lowest BCUT2D eigenvalue weighted by Gasteiger charge is -2.19. The summed E-state index contributed by atoms with van der Waals surface area (Å²) in [6.45, 7) is -0.134. The van der Waals surface area contributed by atoms with Crippen LogP contribution in [0, 0.1) is 0 Å². The first-order valence-corrected chi connectivity index (χ1v) is 11.0. The Hall–Kier alpha value is -4.02. The number of carbonyl (C=O) groups is 2. The van der Waals surface area contributed by atoms with Crippen molar-refractivity contribution in [2.45, 2.75) is 30.7 Å². The van der Waals surface area contributed by atoms with Gasteiger partial charge in [0.15, 0.2) is 0 Å². The molecule has 3 aromatic carbocycles. The number of halogens is 6. The maximum absolute atomic E-state index is 13.2.